The summed E-state index contributed by atoms with van der Waals surface area (Å²) in [6.07, 6.45) is 4.12. The molecule has 1 N–H and O–H groups in total. The van der Waals surface area contributed by atoms with Gasteiger partial charge in [-0.05, 0) is 56.0 Å². The summed E-state index contributed by atoms with van der Waals surface area (Å²) in [4.78, 5) is 15.0. The predicted octanol–water partition coefficient (Wildman–Crippen LogP) is 3.89. The second-order valence-corrected chi connectivity index (χ2v) is 9.46. The molecule has 3 rings (SSSR count). The third-order valence-electron chi connectivity index (χ3n) is 5.50. The first kappa shape index (κ1) is 22.1. The van der Waals surface area contributed by atoms with Crippen LogP contribution in [-0.2, 0) is 4.79 Å². The number of carbonyl (C=O) groups is 1. The molecule has 1 aromatic carbocycles. The second-order valence-electron chi connectivity index (χ2n) is 8.09. The number of halogens is 1. The van der Waals surface area contributed by atoms with E-state index in [0.29, 0.717) is 34.4 Å². The first-order chi connectivity index (χ1) is 13.9. The summed E-state index contributed by atoms with van der Waals surface area (Å²) in [5.74, 6) is 1.64. The van der Waals surface area contributed by atoms with Crippen LogP contribution < -0.4 is 5.32 Å². The number of hydrogen-bond acceptors (Lipinski definition) is 5. The van der Waals surface area contributed by atoms with E-state index in [2.05, 4.69) is 41.2 Å². The van der Waals surface area contributed by atoms with Gasteiger partial charge in [0, 0.05) is 17.6 Å². The highest BCUT2D eigenvalue weighted by atomic mass is 35.5. The van der Waals surface area contributed by atoms with Gasteiger partial charge in [-0.15, -0.1) is 10.2 Å². The number of carbonyl (C=O) groups excluding carboxylic acids is 1. The molecule has 1 aliphatic heterocycles. The molecule has 0 aliphatic carbocycles. The number of amides is 1. The lowest BCUT2D eigenvalue weighted by atomic mass is 9.94. The van der Waals surface area contributed by atoms with Gasteiger partial charge in [-0.25, -0.2) is 0 Å². The second kappa shape index (κ2) is 10.5. The van der Waals surface area contributed by atoms with Crippen LogP contribution in [0.25, 0.3) is 5.69 Å². The van der Waals surface area contributed by atoms with Crippen LogP contribution in [0.2, 0.25) is 5.02 Å². The van der Waals surface area contributed by atoms with Crippen molar-refractivity contribution in [2.24, 2.45) is 11.8 Å². The molecular weight excluding hydrogens is 406 g/mol. The van der Waals surface area contributed by atoms with Crippen molar-refractivity contribution >= 4 is 29.3 Å². The minimum Gasteiger partial charge on any atom is -0.354 e. The molecule has 0 spiro atoms. The number of hydrogen-bond donors (Lipinski definition) is 1. The zero-order valence-electron chi connectivity index (χ0n) is 17.3. The molecule has 0 bridgehead atoms. The predicted molar refractivity (Wildman–Crippen MR) is 119 cm³/mol. The monoisotopic (exact) mass is 435 g/mol. The Kier molecular flexibility index (Phi) is 7.98. The Labute approximate surface area is 182 Å². The highest BCUT2D eigenvalue weighted by Crippen LogP contribution is 2.23. The van der Waals surface area contributed by atoms with Crippen molar-refractivity contribution in [1.82, 2.24) is 25.0 Å². The average molecular weight is 436 g/mol. The normalized spacial score (nSPS) is 16.9. The first-order valence-electron chi connectivity index (χ1n) is 10.2. The molecule has 1 fully saturated rings. The maximum Gasteiger partial charge on any atom is 0.230 e. The Morgan fingerprint density at radius 2 is 2.10 bits per heavy atom. The van der Waals surface area contributed by atoms with Gasteiger partial charge >= 0.3 is 0 Å². The van der Waals surface area contributed by atoms with Crippen LogP contribution in [0.1, 0.15) is 33.6 Å². The summed E-state index contributed by atoms with van der Waals surface area (Å²) in [5.41, 5.74) is 0.879. The quantitative estimate of drug-likeness (QED) is 0.637. The number of thioether (sulfide) groups is 1. The van der Waals surface area contributed by atoms with Crippen LogP contribution in [0.3, 0.4) is 0 Å². The van der Waals surface area contributed by atoms with Crippen molar-refractivity contribution in [3.8, 4) is 5.69 Å². The zero-order chi connectivity index (χ0) is 20.8. The van der Waals surface area contributed by atoms with Gasteiger partial charge in [-0.1, -0.05) is 50.2 Å². The van der Waals surface area contributed by atoms with Crippen molar-refractivity contribution in [2.75, 3.05) is 25.4 Å². The summed E-state index contributed by atoms with van der Waals surface area (Å²) in [5, 5.41) is 12.6. The number of piperidine rings is 1. The number of aromatic nitrogens is 3. The van der Waals surface area contributed by atoms with E-state index >= 15 is 0 Å². The van der Waals surface area contributed by atoms with Crippen LogP contribution in [0.15, 0.2) is 35.7 Å². The first-order valence-corrected chi connectivity index (χ1v) is 11.6. The molecule has 2 heterocycles. The fourth-order valence-corrected chi connectivity index (χ4v) is 4.62. The Morgan fingerprint density at radius 3 is 2.79 bits per heavy atom. The van der Waals surface area contributed by atoms with Crippen molar-refractivity contribution in [3.63, 3.8) is 0 Å². The average Bonchev–Trinajstić information content (AvgIpc) is 3.16. The van der Waals surface area contributed by atoms with Gasteiger partial charge in [0.25, 0.3) is 0 Å². The maximum absolute atomic E-state index is 12.5. The standard InChI is InChI=1S/C21H30ClN5OS/c1-15(2)19(26-9-7-16(3)8-10-26)12-23-20(28)13-29-21-25-24-14-27(21)18-6-4-5-17(22)11-18/h4-6,11,14-16,19H,7-10,12-13H2,1-3H3,(H,23,28)/t19-/m0/s1. The van der Waals surface area contributed by atoms with Gasteiger partial charge in [0.05, 0.1) is 11.4 Å². The fourth-order valence-electron chi connectivity index (χ4n) is 3.67. The molecule has 1 atom stereocenters. The van der Waals surface area contributed by atoms with Gasteiger partial charge < -0.3 is 5.32 Å². The molecule has 2 aromatic rings. The van der Waals surface area contributed by atoms with E-state index < -0.39 is 0 Å². The van der Waals surface area contributed by atoms with Crippen LogP contribution in [0.5, 0.6) is 0 Å². The highest BCUT2D eigenvalue weighted by Gasteiger charge is 2.26. The van der Waals surface area contributed by atoms with Crippen molar-refractivity contribution in [1.29, 1.82) is 0 Å². The summed E-state index contributed by atoms with van der Waals surface area (Å²) in [7, 11) is 0. The van der Waals surface area contributed by atoms with E-state index in [1.54, 1.807) is 6.33 Å². The van der Waals surface area contributed by atoms with Gasteiger partial charge in [0.2, 0.25) is 5.91 Å². The molecule has 1 aromatic heterocycles. The molecule has 0 radical (unpaired) electrons. The topological polar surface area (TPSA) is 63.1 Å². The highest BCUT2D eigenvalue weighted by molar-refractivity contribution is 7.99. The molecular formula is C21H30ClN5OS. The van der Waals surface area contributed by atoms with Crippen LogP contribution in [0.4, 0.5) is 0 Å². The third kappa shape index (κ3) is 6.20. The Hall–Kier alpha value is -1.57. The Balaban J connectivity index is 1.52. The molecule has 1 aliphatic rings. The van der Waals surface area contributed by atoms with Crippen molar-refractivity contribution in [2.45, 2.75) is 44.8 Å². The van der Waals surface area contributed by atoms with E-state index in [1.165, 1.54) is 24.6 Å². The number of likely N-dealkylation sites (tertiary alicyclic amines) is 1. The van der Waals surface area contributed by atoms with Gasteiger partial charge in [-0.2, -0.15) is 0 Å². The summed E-state index contributed by atoms with van der Waals surface area (Å²) < 4.78 is 1.84. The molecule has 1 saturated heterocycles. The van der Waals surface area contributed by atoms with E-state index in [4.69, 9.17) is 11.6 Å². The molecule has 0 saturated carbocycles. The molecule has 0 unspecified atom stereocenters. The largest absolute Gasteiger partial charge is 0.354 e. The lowest BCUT2D eigenvalue weighted by molar-refractivity contribution is -0.118. The Morgan fingerprint density at radius 1 is 1.34 bits per heavy atom. The summed E-state index contributed by atoms with van der Waals surface area (Å²) in [6.45, 7) is 9.72. The molecule has 158 valence electrons. The lowest BCUT2D eigenvalue weighted by Gasteiger charge is -2.38. The minimum absolute atomic E-state index is 0.0201. The smallest absolute Gasteiger partial charge is 0.230 e. The molecule has 1 amide bonds. The molecule has 29 heavy (non-hydrogen) atoms. The van der Waals surface area contributed by atoms with Crippen molar-refractivity contribution in [3.05, 3.63) is 35.6 Å². The van der Waals surface area contributed by atoms with Crippen molar-refractivity contribution < 1.29 is 4.79 Å². The minimum atomic E-state index is 0.0201. The van der Waals surface area contributed by atoms with E-state index in [0.717, 1.165) is 24.7 Å². The summed E-state index contributed by atoms with van der Waals surface area (Å²) >= 11 is 7.46. The summed E-state index contributed by atoms with van der Waals surface area (Å²) in [6, 6.07) is 7.87. The van der Waals surface area contributed by atoms with E-state index in [9.17, 15) is 4.79 Å². The van der Waals surface area contributed by atoms with Gasteiger partial charge in [0.1, 0.15) is 6.33 Å². The van der Waals surface area contributed by atoms with E-state index in [-0.39, 0.29) is 5.91 Å². The third-order valence-corrected chi connectivity index (χ3v) is 6.68. The zero-order valence-corrected chi connectivity index (χ0v) is 18.9. The van der Waals surface area contributed by atoms with Crippen LogP contribution >= 0.6 is 23.4 Å². The maximum atomic E-state index is 12.5. The fraction of sp³-hybridized carbons (Fsp3) is 0.571. The van der Waals surface area contributed by atoms with Crippen LogP contribution in [0, 0.1) is 11.8 Å². The lowest BCUT2D eigenvalue weighted by Crippen LogP contribution is -2.49. The van der Waals surface area contributed by atoms with E-state index in [1.807, 2.05) is 28.8 Å². The van der Waals surface area contributed by atoms with Gasteiger partial charge in [-0.3, -0.25) is 14.3 Å². The number of nitrogens with zero attached hydrogens (tertiary/aromatic N) is 4. The SMILES string of the molecule is CC1CCN([C@@H](CNC(=O)CSc2nncn2-c2cccc(Cl)c2)C(C)C)CC1. The van der Waals surface area contributed by atoms with Crippen LogP contribution in [-0.4, -0.2) is 57.0 Å². The number of rotatable bonds is 8. The number of nitrogens with one attached hydrogen (secondary N) is 1. The van der Waals surface area contributed by atoms with Gasteiger partial charge in [0.15, 0.2) is 5.16 Å². The number of benzene rings is 1. The Bertz CT molecular complexity index is 804. The molecule has 8 heteroatoms. The molecule has 6 nitrogen and oxygen atoms in total.